The molecular formula is C11H21NO. The molecule has 2 aliphatic rings. The molecule has 2 aliphatic carbocycles. The topological polar surface area (TPSA) is 21.3 Å². The smallest absolute Gasteiger partial charge is 0.0591 e. The maximum absolute atomic E-state index is 5.53. The summed E-state index contributed by atoms with van der Waals surface area (Å²) in [6.07, 6.45) is 7.13. The predicted octanol–water partition coefficient (Wildman–Crippen LogP) is 1.80. The predicted molar refractivity (Wildman–Crippen MR) is 53.8 cm³/mol. The van der Waals surface area contributed by atoms with Crippen LogP contribution in [0.1, 0.15) is 32.1 Å². The second kappa shape index (κ2) is 4.97. The molecule has 0 unspecified atom stereocenters. The van der Waals surface area contributed by atoms with Crippen molar-refractivity contribution in [2.75, 3.05) is 26.3 Å². The first-order chi connectivity index (χ1) is 6.45. The zero-order chi connectivity index (χ0) is 8.93. The Labute approximate surface area is 81.0 Å². The third kappa shape index (κ3) is 3.65. The normalized spacial score (nSPS) is 23.1. The summed E-state index contributed by atoms with van der Waals surface area (Å²) in [5.74, 6) is 1.88. The summed E-state index contributed by atoms with van der Waals surface area (Å²) in [7, 11) is 0. The van der Waals surface area contributed by atoms with Crippen LogP contribution in [0.25, 0.3) is 0 Å². The van der Waals surface area contributed by atoms with E-state index in [-0.39, 0.29) is 0 Å². The summed E-state index contributed by atoms with van der Waals surface area (Å²) in [4.78, 5) is 0. The van der Waals surface area contributed by atoms with Crippen molar-refractivity contribution < 1.29 is 4.74 Å². The minimum Gasteiger partial charge on any atom is -0.380 e. The van der Waals surface area contributed by atoms with Crippen molar-refractivity contribution in [3.63, 3.8) is 0 Å². The van der Waals surface area contributed by atoms with Gasteiger partial charge in [-0.25, -0.2) is 0 Å². The van der Waals surface area contributed by atoms with Crippen molar-refractivity contribution >= 4 is 0 Å². The number of rotatable bonds is 7. The van der Waals surface area contributed by atoms with Crippen molar-refractivity contribution in [2.24, 2.45) is 11.8 Å². The van der Waals surface area contributed by atoms with Gasteiger partial charge >= 0.3 is 0 Å². The Balaban J connectivity index is 1.32. The largest absolute Gasteiger partial charge is 0.380 e. The highest BCUT2D eigenvalue weighted by Gasteiger charge is 2.21. The van der Waals surface area contributed by atoms with Crippen LogP contribution in [0.15, 0.2) is 0 Å². The van der Waals surface area contributed by atoms with E-state index in [2.05, 4.69) is 5.32 Å². The highest BCUT2D eigenvalue weighted by Crippen LogP contribution is 2.28. The van der Waals surface area contributed by atoms with Crippen molar-refractivity contribution in [3.05, 3.63) is 0 Å². The first kappa shape index (κ1) is 9.47. The molecule has 0 amide bonds. The highest BCUT2D eigenvalue weighted by atomic mass is 16.5. The molecule has 2 fully saturated rings. The molecule has 0 heterocycles. The van der Waals surface area contributed by atoms with E-state index in [0.717, 1.165) is 31.6 Å². The van der Waals surface area contributed by atoms with Gasteiger partial charge in [-0.05, 0) is 44.1 Å². The van der Waals surface area contributed by atoms with E-state index in [1.807, 2.05) is 0 Å². The molecule has 76 valence electrons. The van der Waals surface area contributed by atoms with Crippen LogP contribution < -0.4 is 5.32 Å². The summed E-state index contributed by atoms with van der Waals surface area (Å²) in [5, 5.41) is 3.46. The maximum Gasteiger partial charge on any atom is 0.0591 e. The first-order valence-corrected chi connectivity index (χ1v) is 5.73. The van der Waals surface area contributed by atoms with Gasteiger partial charge in [0.2, 0.25) is 0 Å². The average molecular weight is 183 g/mol. The molecule has 0 radical (unpaired) electrons. The van der Waals surface area contributed by atoms with E-state index in [9.17, 15) is 0 Å². The van der Waals surface area contributed by atoms with Crippen molar-refractivity contribution in [3.8, 4) is 0 Å². The quantitative estimate of drug-likeness (QED) is 0.608. The van der Waals surface area contributed by atoms with Gasteiger partial charge in [0.05, 0.1) is 6.61 Å². The third-order valence-electron chi connectivity index (χ3n) is 3.13. The Kier molecular flexibility index (Phi) is 3.62. The van der Waals surface area contributed by atoms with Crippen LogP contribution in [-0.4, -0.2) is 26.3 Å². The molecule has 2 rings (SSSR count). The molecule has 0 aliphatic heterocycles. The minimum absolute atomic E-state index is 0.906. The van der Waals surface area contributed by atoms with Gasteiger partial charge in [-0.3, -0.25) is 0 Å². The van der Waals surface area contributed by atoms with Gasteiger partial charge in [0.15, 0.2) is 0 Å². The summed E-state index contributed by atoms with van der Waals surface area (Å²) < 4.78 is 5.53. The van der Waals surface area contributed by atoms with E-state index < -0.39 is 0 Å². The molecule has 0 aromatic rings. The second-order valence-electron chi connectivity index (χ2n) is 4.52. The molecule has 0 aromatic heterocycles. The lowest BCUT2D eigenvalue weighted by atomic mass is 9.85. The average Bonchev–Trinajstić information content (AvgIpc) is 2.83. The zero-order valence-electron chi connectivity index (χ0n) is 8.43. The van der Waals surface area contributed by atoms with E-state index >= 15 is 0 Å². The van der Waals surface area contributed by atoms with Gasteiger partial charge in [-0.15, -0.1) is 0 Å². The second-order valence-corrected chi connectivity index (χ2v) is 4.52. The van der Waals surface area contributed by atoms with Gasteiger partial charge in [0, 0.05) is 13.2 Å². The SMILES string of the molecule is C1CC(CNCCOCC2CC2)C1. The van der Waals surface area contributed by atoms with Crippen molar-refractivity contribution in [1.29, 1.82) is 0 Å². The van der Waals surface area contributed by atoms with Crippen LogP contribution in [0.3, 0.4) is 0 Å². The Bertz CT molecular complexity index is 141. The molecule has 2 heteroatoms. The molecule has 0 saturated heterocycles. The Morgan fingerprint density at radius 3 is 2.54 bits per heavy atom. The highest BCUT2D eigenvalue weighted by molar-refractivity contribution is 4.72. The van der Waals surface area contributed by atoms with Crippen LogP contribution >= 0.6 is 0 Å². The molecule has 2 saturated carbocycles. The molecule has 0 atom stereocenters. The molecule has 0 bridgehead atoms. The van der Waals surface area contributed by atoms with Gasteiger partial charge in [0.1, 0.15) is 0 Å². The molecule has 13 heavy (non-hydrogen) atoms. The van der Waals surface area contributed by atoms with E-state index in [0.29, 0.717) is 0 Å². The summed E-state index contributed by atoms with van der Waals surface area (Å²) >= 11 is 0. The molecule has 2 nitrogen and oxygen atoms in total. The molecule has 1 N–H and O–H groups in total. The fourth-order valence-corrected chi connectivity index (χ4v) is 1.68. The van der Waals surface area contributed by atoms with E-state index in [1.165, 1.54) is 38.6 Å². The van der Waals surface area contributed by atoms with Gasteiger partial charge < -0.3 is 10.1 Å². The molecule has 0 spiro atoms. The van der Waals surface area contributed by atoms with Crippen LogP contribution in [0, 0.1) is 11.8 Å². The number of hydrogen-bond acceptors (Lipinski definition) is 2. The third-order valence-corrected chi connectivity index (χ3v) is 3.13. The van der Waals surface area contributed by atoms with Crippen LogP contribution in [0.4, 0.5) is 0 Å². The van der Waals surface area contributed by atoms with Gasteiger partial charge in [-0.2, -0.15) is 0 Å². The minimum atomic E-state index is 0.906. The maximum atomic E-state index is 5.53. The Morgan fingerprint density at radius 1 is 1.08 bits per heavy atom. The monoisotopic (exact) mass is 183 g/mol. The molecular weight excluding hydrogens is 162 g/mol. The Morgan fingerprint density at radius 2 is 1.92 bits per heavy atom. The van der Waals surface area contributed by atoms with Gasteiger partial charge in [0.25, 0.3) is 0 Å². The first-order valence-electron chi connectivity index (χ1n) is 5.73. The van der Waals surface area contributed by atoms with Crippen LogP contribution in [-0.2, 0) is 4.74 Å². The fourth-order valence-electron chi connectivity index (χ4n) is 1.68. The van der Waals surface area contributed by atoms with Crippen molar-refractivity contribution in [2.45, 2.75) is 32.1 Å². The summed E-state index contributed by atoms with van der Waals surface area (Å²) in [6, 6.07) is 0. The summed E-state index contributed by atoms with van der Waals surface area (Å²) in [5.41, 5.74) is 0. The van der Waals surface area contributed by atoms with Crippen LogP contribution in [0.2, 0.25) is 0 Å². The van der Waals surface area contributed by atoms with E-state index in [1.54, 1.807) is 0 Å². The van der Waals surface area contributed by atoms with Crippen LogP contribution in [0.5, 0.6) is 0 Å². The van der Waals surface area contributed by atoms with Gasteiger partial charge in [-0.1, -0.05) is 6.42 Å². The standard InChI is InChI=1S/C11H21NO/c1-2-10(3-1)8-12-6-7-13-9-11-4-5-11/h10-12H,1-9H2. The lowest BCUT2D eigenvalue weighted by molar-refractivity contribution is 0.124. The number of ether oxygens (including phenoxy) is 1. The zero-order valence-corrected chi connectivity index (χ0v) is 8.43. The molecule has 0 aromatic carbocycles. The number of nitrogens with one attached hydrogen (secondary N) is 1. The fraction of sp³-hybridized carbons (Fsp3) is 1.00. The summed E-state index contributed by atoms with van der Waals surface area (Å²) in [6.45, 7) is 4.17. The van der Waals surface area contributed by atoms with E-state index in [4.69, 9.17) is 4.74 Å². The number of hydrogen-bond donors (Lipinski definition) is 1. The van der Waals surface area contributed by atoms with Crippen molar-refractivity contribution in [1.82, 2.24) is 5.32 Å². The lowest BCUT2D eigenvalue weighted by Gasteiger charge is -2.25. The Hall–Kier alpha value is -0.0800. The lowest BCUT2D eigenvalue weighted by Crippen LogP contribution is -2.29.